The molecule has 0 saturated carbocycles. The average molecular weight is 534 g/mol. The third-order valence-electron chi connectivity index (χ3n) is 8.50. The number of rotatable bonds is 2. The van der Waals surface area contributed by atoms with E-state index in [2.05, 4.69) is 127 Å². The van der Waals surface area contributed by atoms with Gasteiger partial charge in [-0.3, -0.25) is 9.97 Å². The molecule has 0 saturated heterocycles. The van der Waals surface area contributed by atoms with Crippen molar-refractivity contribution in [3.8, 4) is 22.4 Å². The fourth-order valence-electron chi connectivity index (χ4n) is 6.66. The van der Waals surface area contributed by atoms with Gasteiger partial charge in [0.25, 0.3) is 0 Å². The van der Waals surface area contributed by atoms with Gasteiger partial charge in [-0.15, -0.1) is 0 Å². The molecule has 0 fully saturated rings. The van der Waals surface area contributed by atoms with Crippen molar-refractivity contribution in [1.29, 1.82) is 0 Å². The lowest BCUT2D eigenvalue weighted by Gasteiger charge is -2.17. The van der Waals surface area contributed by atoms with Gasteiger partial charge in [-0.2, -0.15) is 0 Å². The zero-order valence-corrected chi connectivity index (χ0v) is 22.6. The van der Waals surface area contributed by atoms with Crippen molar-refractivity contribution >= 4 is 65.0 Å². The summed E-state index contributed by atoms with van der Waals surface area (Å²) in [4.78, 5) is 15.1. The van der Waals surface area contributed by atoms with E-state index in [9.17, 15) is 0 Å². The van der Waals surface area contributed by atoms with Crippen LogP contribution in [-0.4, -0.2) is 15.0 Å². The van der Waals surface area contributed by atoms with Crippen molar-refractivity contribution in [2.24, 2.45) is 0 Å². The molecule has 0 aliphatic rings. The lowest BCUT2D eigenvalue weighted by atomic mass is 9.89. The van der Waals surface area contributed by atoms with Gasteiger partial charge >= 0.3 is 0 Å². The first-order chi connectivity index (χ1) is 20.8. The molecule has 0 bridgehead atoms. The molecule has 9 aromatic rings. The Labute approximate surface area is 241 Å². The number of aromatic nitrogens is 3. The number of hydrogen-bond donors (Lipinski definition) is 0. The summed E-state index contributed by atoms with van der Waals surface area (Å²) in [7, 11) is 0. The predicted octanol–water partition coefficient (Wildman–Crippen LogP) is 10.1. The molecule has 194 valence electrons. The molecule has 0 unspecified atom stereocenters. The zero-order chi connectivity index (χ0) is 27.6. The van der Waals surface area contributed by atoms with Gasteiger partial charge in [-0.05, 0) is 45.5 Å². The molecule has 3 nitrogen and oxygen atoms in total. The minimum atomic E-state index is 0.965. The summed E-state index contributed by atoms with van der Waals surface area (Å²) in [6, 6.07) is 44.9. The molecule has 3 heteroatoms. The van der Waals surface area contributed by atoms with E-state index in [4.69, 9.17) is 15.0 Å². The van der Waals surface area contributed by atoms with E-state index < -0.39 is 0 Å². The van der Waals surface area contributed by atoms with Crippen LogP contribution in [0.4, 0.5) is 0 Å². The van der Waals surface area contributed by atoms with Crippen LogP contribution >= 0.6 is 0 Å². The van der Waals surface area contributed by atoms with Crippen LogP contribution in [-0.2, 0) is 0 Å². The Bertz CT molecular complexity index is 2530. The largest absolute Gasteiger partial charge is 0.256 e. The van der Waals surface area contributed by atoms with Crippen LogP contribution in [0.1, 0.15) is 0 Å². The number of nitrogens with zero attached hydrogens (tertiary/aromatic N) is 3. The summed E-state index contributed by atoms with van der Waals surface area (Å²) in [5.41, 5.74) is 7.29. The van der Waals surface area contributed by atoms with E-state index in [0.717, 1.165) is 71.3 Å². The highest BCUT2D eigenvalue weighted by molar-refractivity contribution is 6.23. The molecule has 0 amide bonds. The highest BCUT2D eigenvalue weighted by Gasteiger charge is 2.19. The number of benzene rings is 6. The van der Waals surface area contributed by atoms with E-state index >= 15 is 0 Å². The Morgan fingerprint density at radius 2 is 0.810 bits per heavy atom. The van der Waals surface area contributed by atoms with Gasteiger partial charge in [0.15, 0.2) is 0 Å². The van der Waals surface area contributed by atoms with Gasteiger partial charge in [0.1, 0.15) is 0 Å². The van der Waals surface area contributed by atoms with Crippen molar-refractivity contribution in [2.75, 3.05) is 0 Å². The molecular formula is C39H23N3. The summed E-state index contributed by atoms with van der Waals surface area (Å²) >= 11 is 0. The minimum absolute atomic E-state index is 0.965. The molecular weight excluding hydrogens is 510 g/mol. The first-order valence-corrected chi connectivity index (χ1v) is 14.2. The summed E-state index contributed by atoms with van der Waals surface area (Å²) < 4.78 is 0. The second-order valence-electron chi connectivity index (χ2n) is 10.8. The standard InChI is InChI=1S/C39H23N3/c1-3-12-26-24(10-1)22-40-34-20-8-17-30(36(26)34)31-16-7-15-29-28-14-5-6-19-33(28)42-39(38(29)31)32-18-9-21-35-37(32)27-13-4-2-11-25(27)23-41-35/h1-23H. The van der Waals surface area contributed by atoms with Crippen LogP contribution in [0.3, 0.4) is 0 Å². The van der Waals surface area contributed by atoms with Crippen LogP contribution in [0, 0.1) is 0 Å². The third-order valence-corrected chi connectivity index (χ3v) is 8.50. The van der Waals surface area contributed by atoms with Gasteiger partial charge in [-0.1, -0.05) is 109 Å². The smallest absolute Gasteiger partial charge is 0.0801 e. The van der Waals surface area contributed by atoms with E-state index in [1.165, 1.54) is 16.2 Å². The van der Waals surface area contributed by atoms with Crippen LogP contribution in [0.2, 0.25) is 0 Å². The third kappa shape index (κ3) is 3.31. The van der Waals surface area contributed by atoms with Crippen molar-refractivity contribution < 1.29 is 0 Å². The summed E-state index contributed by atoms with van der Waals surface area (Å²) in [6.45, 7) is 0. The molecule has 9 rings (SSSR count). The topological polar surface area (TPSA) is 38.7 Å². The molecule has 0 atom stereocenters. The fraction of sp³-hybridized carbons (Fsp3) is 0. The maximum atomic E-state index is 5.42. The molecule has 0 aliphatic carbocycles. The summed E-state index contributed by atoms with van der Waals surface area (Å²) in [5.74, 6) is 0. The van der Waals surface area contributed by atoms with Gasteiger partial charge in [0.2, 0.25) is 0 Å². The highest BCUT2D eigenvalue weighted by atomic mass is 14.7. The van der Waals surface area contributed by atoms with Crippen LogP contribution < -0.4 is 0 Å². The van der Waals surface area contributed by atoms with Crippen molar-refractivity contribution in [1.82, 2.24) is 15.0 Å². The second-order valence-corrected chi connectivity index (χ2v) is 10.8. The molecule has 6 aromatic carbocycles. The quantitative estimate of drug-likeness (QED) is 0.208. The summed E-state index contributed by atoms with van der Waals surface area (Å²) in [6.07, 6.45) is 3.94. The SMILES string of the molecule is c1ccc2c(c1)cnc1cccc(-c3cccc4c3c(-c3cccc5ncc6ccccc6c35)nc3ccccc34)c12. The maximum Gasteiger partial charge on any atom is 0.0801 e. The van der Waals surface area contributed by atoms with Crippen molar-refractivity contribution in [3.63, 3.8) is 0 Å². The molecule has 0 N–H and O–H groups in total. The van der Waals surface area contributed by atoms with Gasteiger partial charge in [-0.25, -0.2) is 4.98 Å². The number of pyridine rings is 3. The highest BCUT2D eigenvalue weighted by Crippen LogP contribution is 2.44. The van der Waals surface area contributed by atoms with E-state index in [1.54, 1.807) is 0 Å². The molecule has 3 aromatic heterocycles. The molecule has 0 aliphatic heterocycles. The lowest BCUT2D eigenvalue weighted by Crippen LogP contribution is -1.95. The Kier molecular flexibility index (Phi) is 4.90. The zero-order valence-electron chi connectivity index (χ0n) is 22.6. The Morgan fingerprint density at radius 3 is 1.50 bits per heavy atom. The molecule has 0 spiro atoms. The number of para-hydroxylation sites is 1. The second kappa shape index (κ2) is 8.92. The first-order valence-electron chi connectivity index (χ1n) is 14.2. The number of hydrogen-bond acceptors (Lipinski definition) is 3. The Hall–Kier alpha value is -5.67. The minimum Gasteiger partial charge on any atom is -0.256 e. The fourth-order valence-corrected chi connectivity index (χ4v) is 6.66. The predicted molar refractivity (Wildman–Crippen MR) is 176 cm³/mol. The number of fused-ring (bicyclic) bond motifs is 9. The van der Waals surface area contributed by atoms with E-state index in [-0.39, 0.29) is 0 Å². The van der Waals surface area contributed by atoms with E-state index in [1.807, 2.05) is 12.4 Å². The molecule has 3 heterocycles. The van der Waals surface area contributed by atoms with Crippen molar-refractivity contribution in [3.05, 3.63) is 140 Å². The van der Waals surface area contributed by atoms with Gasteiger partial charge in [0.05, 0.1) is 22.2 Å². The van der Waals surface area contributed by atoms with E-state index in [0.29, 0.717) is 0 Å². The Balaban J connectivity index is 1.50. The van der Waals surface area contributed by atoms with Crippen LogP contribution in [0.25, 0.3) is 87.4 Å². The molecule has 0 radical (unpaired) electrons. The Morgan fingerprint density at radius 1 is 0.333 bits per heavy atom. The van der Waals surface area contributed by atoms with Gasteiger partial charge < -0.3 is 0 Å². The van der Waals surface area contributed by atoms with Crippen LogP contribution in [0.5, 0.6) is 0 Å². The monoisotopic (exact) mass is 533 g/mol. The van der Waals surface area contributed by atoms with Crippen molar-refractivity contribution in [2.45, 2.75) is 0 Å². The summed E-state index contributed by atoms with van der Waals surface area (Å²) in [5, 5.41) is 10.4. The van der Waals surface area contributed by atoms with Crippen LogP contribution in [0.15, 0.2) is 140 Å². The first kappa shape index (κ1) is 23.1. The average Bonchev–Trinajstić information content (AvgIpc) is 3.07. The normalized spacial score (nSPS) is 11.8. The lowest BCUT2D eigenvalue weighted by molar-refractivity contribution is 1.42. The molecule has 42 heavy (non-hydrogen) atoms. The van der Waals surface area contributed by atoms with Gasteiger partial charge in [0, 0.05) is 50.3 Å². The maximum absolute atomic E-state index is 5.42.